The van der Waals surface area contributed by atoms with Crippen LogP contribution in [0.4, 0.5) is 0 Å². The predicted molar refractivity (Wildman–Crippen MR) is 72.8 cm³/mol. The Morgan fingerprint density at radius 2 is 2.15 bits per heavy atom. The smallest absolute Gasteiger partial charge is 0.342 e. The van der Waals surface area contributed by atoms with Gasteiger partial charge in [0, 0.05) is 17.8 Å². The monoisotopic (exact) mass is 293 g/mol. The third kappa shape index (κ3) is 3.24. The second-order valence-electron chi connectivity index (χ2n) is 4.24. The second-order valence-corrected chi connectivity index (χ2v) is 4.63. The van der Waals surface area contributed by atoms with Crippen LogP contribution in [-0.2, 0) is 11.3 Å². The Hall–Kier alpha value is -2.14. The summed E-state index contributed by atoms with van der Waals surface area (Å²) >= 11 is 5.67. The van der Waals surface area contributed by atoms with E-state index in [1.165, 1.54) is 12.3 Å². The van der Waals surface area contributed by atoms with Crippen molar-refractivity contribution < 1.29 is 13.9 Å². The number of nitrogens with zero attached hydrogens (tertiary/aromatic N) is 1. The molecule has 0 aliphatic rings. The number of rotatable bonds is 3. The Morgan fingerprint density at radius 1 is 1.40 bits per heavy atom. The van der Waals surface area contributed by atoms with Gasteiger partial charge in [-0.15, -0.1) is 0 Å². The van der Waals surface area contributed by atoms with Crippen molar-refractivity contribution in [3.63, 3.8) is 0 Å². The summed E-state index contributed by atoms with van der Waals surface area (Å²) in [5.74, 6) is -0.298. The number of esters is 1. The lowest BCUT2D eigenvalue weighted by Gasteiger charge is -2.08. The molecule has 0 saturated carbocycles. The van der Waals surface area contributed by atoms with E-state index in [9.17, 15) is 9.59 Å². The number of pyridine rings is 1. The molecule has 6 heteroatoms. The van der Waals surface area contributed by atoms with Crippen LogP contribution in [0, 0.1) is 13.8 Å². The van der Waals surface area contributed by atoms with Crippen molar-refractivity contribution in [1.29, 1.82) is 0 Å². The van der Waals surface area contributed by atoms with E-state index in [1.54, 1.807) is 26.0 Å². The number of hydrogen-bond donors (Lipinski definition) is 0. The highest BCUT2D eigenvalue weighted by molar-refractivity contribution is 6.29. The first-order valence-corrected chi connectivity index (χ1v) is 6.24. The van der Waals surface area contributed by atoms with E-state index in [2.05, 4.69) is 4.98 Å². The van der Waals surface area contributed by atoms with Crippen molar-refractivity contribution in [1.82, 2.24) is 4.98 Å². The molecule has 0 saturated heterocycles. The molecule has 0 spiro atoms. The summed E-state index contributed by atoms with van der Waals surface area (Å²) < 4.78 is 10.1. The molecule has 0 fully saturated rings. The topological polar surface area (TPSA) is 69.4 Å². The number of aromatic nitrogens is 1. The molecule has 5 nitrogen and oxygen atoms in total. The maximum Gasteiger partial charge on any atom is 0.342 e. The van der Waals surface area contributed by atoms with Gasteiger partial charge in [0.2, 0.25) is 0 Å². The second kappa shape index (κ2) is 5.88. The molecule has 0 aliphatic carbocycles. The summed E-state index contributed by atoms with van der Waals surface area (Å²) in [4.78, 5) is 27.1. The molecule has 0 amide bonds. The van der Waals surface area contributed by atoms with Gasteiger partial charge in [-0.2, -0.15) is 0 Å². The van der Waals surface area contributed by atoms with Crippen molar-refractivity contribution in [3.8, 4) is 0 Å². The molecule has 2 aromatic heterocycles. The molecule has 0 aliphatic heterocycles. The fraction of sp³-hybridized carbons (Fsp3) is 0.214. The Balaban J connectivity index is 2.13. The van der Waals surface area contributed by atoms with Gasteiger partial charge in [0.25, 0.3) is 0 Å². The number of carbonyl (C=O) groups is 1. The molecule has 0 bridgehead atoms. The molecular formula is C14H12ClNO4. The van der Waals surface area contributed by atoms with Crippen molar-refractivity contribution in [2.75, 3.05) is 0 Å². The van der Waals surface area contributed by atoms with Gasteiger partial charge in [-0.25, -0.2) is 14.6 Å². The summed E-state index contributed by atoms with van der Waals surface area (Å²) in [6, 6.07) is 4.59. The number of carbonyl (C=O) groups excluding carboxylic acids is 1. The van der Waals surface area contributed by atoms with Gasteiger partial charge in [0.1, 0.15) is 23.1 Å². The van der Waals surface area contributed by atoms with Crippen LogP contribution in [0.2, 0.25) is 5.15 Å². The quantitative estimate of drug-likeness (QED) is 0.643. The lowest BCUT2D eigenvalue weighted by atomic mass is 10.1. The first kappa shape index (κ1) is 14.3. The fourth-order valence-corrected chi connectivity index (χ4v) is 1.89. The molecule has 0 N–H and O–H groups in total. The summed E-state index contributed by atoms with van der Waals surface area (Å²) in [7, 11) is 0. The fourth-order valence-electron chi connectivity index (χ4n) is 1.78. The first-order valence-electron chi connectivity index (χ1n) is 5.86. The van der Waals surface area contributed by atoms with E-state index in [-0.39, 0.29) is 17.9 Å². The standard InChI is InChI=1S/C14H12ClNO4/c1-8-5-12(17)20-9(2)13(8)14(18)19-7-10-3-4-11(15)16-6-10/h3-6H,7H2,1-2H3. The SMILES string of the molecule is Cc1cc(=O)oc(C)c1C(=O)OCc1ccc(Cl)nc1. The van der Waals surface area contributed by atoms with E-state index < -0.39 is 11.6 Å². The van der Waals surface area contributed by atoms with Crippen molar-refractivity contribution in [2.45, 2.75) is 20.5 Å². The van der Waals surface area contributed by atoms with E-state index in [4.69, 9.17) is 20.8 Å². The molecule has 2 aromatic rings. The molecule has 2 heterocycles. The van der Waals surface area contributed by atoms with Crippen molar-refractivity contribution >= 4 is 17.6 Å². The number of hydrogen-bond acceptors (Lipinski definition) is 5. The molecule has 2 rings (SSSR count). The number of aryl methyl sites for hydroxylation is 2. The predicted octanol–water partition coefficient (Wildman–Crippen LogP) is 2.66. The van der Waals surface area contributed by atoms with Crippen LogP contribution in [0.15, 0.2) is 33.6 Å². The number of ether oxygens (including phenoxy) is 1. The first-order chi connectivity index (χ1) is 9.47. The van der Waals surface area contributed by atoms with Crippen LogP contribution < -0.4 is 5.63 Å². The van der Waals surface area contributed by atoms with Crippen LogP contribution in [0.1, 0.15) is 27.2 Å². The zero-order valence-corrected chi connectivity index (χ0v) is 11.7. The van der Waals surface area contributed by atoms with Crippen LogP contribution in [0.3, 0.4) is 0 Å². The van der Waals surface area contributed by atoms with Gasteiger partial charge < -0.3 is 9.15 Å². The van der Waals surface area contributed by atoms with E-state index in [1.807, 2.05) is 0 Å². The Kier molecular flexibility index (Phi) is 4.20. The van der Waals surface area contributed by atoms with E-state index in [0.29, 0.717) is 10.7 Å². The average molecular weight is 294 g/mol. The molecule has 0 unspecified atom stereocenters. The maximum absolute atomic E-state index is 12.0. The Morgan fingerprint density at radius 3 is 2.75 bits per heavy atom. The summed E-state index contributed by atoms with van der Waals surface area (Å²) in [6.07, 6.45) is 1.53. The van der Waals surface area contributed by atoms with E-state index in [0.717, 1.165) is 5.56 Å². The number of halogens is 1. The molecule has 0 radical (unpaired) electrons. The molecule has 20 heavy (non-hydrogen) atoms. The van der Waals surface area contributed by atoms with Crippen molar-refractivity contribution in [2.24, 2.45) is 0 Å². The minimum absolute atomic E-state index is 0.0704. The lowest BCUT2D eigenvalue weighted by Crippen LogP contribution is -2.12. The minimum Gasteiger partial charge on any atom is -0.457 e. The third-order valence-electron chi connectivity index (χ3n) is 2.70. The summed E-state index contributed by atoms with van der Waals surface area (Å²) in [5.41, 5.74) is 1.03. The summed E-state index contributed by atoms with van der Waals surface area (Å²) in [5, 5.41) is 0.372. The normalized spacial score (nSPS) is 10.3. The lowest BCUT2D eigenvalue weighted by molar-refractivity contribution is 0.0467. The van der Waals surface area contributed by atoms with Gasteiger partial charge in [0.15, 0.2) is 0 Å². The highest BCUT2D eigenvalue weighted by atomic mass is 35.5. The van der Waals surface area contributed by atoms with Gasteiger partial charge in [0.05, 0.1) is 0 Å². The molecule has 0 aromatic carbocycles. The van der Waals surface area contributed by atoms with Crippen LogP contribution in [0.5, 0.6) is 0 Å². The van der Waals surface area contributed by atoms with E-state index >= 15 is 0 Å². The van der Waals surface area contributed by atoms with Crippen molar-refractivity contribution in [3.05, 3.63) is 62.4 Å². The van der Waals surface area contributed by atoms with Gasteiger partial charge >= 0.3 is 11.6 Å². The zero-order chi connectivity index (χ0) is 14.7. The molecule has 104 valence electrons. The minimum atomic E-state index is -0.543. The summed E-state index contributed by atoms with van der Waals surface area (Å²) in [6.45, 7) is 3.28. The molecular weight excluding hydrogens is 282 g/mol. The average Bonchev–Trinajstić information content (AvgIpc) is 2.37. The largest absolute Gasteiger partial charge is 0.457 e. The van der Waals surface area contributed by atoms with Crippen LogP contribution >= 0.6 is 11.6 Å². The Bertz CT molecular complexity index is 665. The third-order valence-corrected chi connectivity index (χ3v) is 2.92. The Labute approximate surface area is 120 Å². The van der Waals surface area contributed by atoms with Crippen LogP contribution in [0.25, 0.3) is 0 Å². The van der Waals surface area contributed by atoms with Gasteiger partial charge in [-0.1, -0.05) is 17.7 Å². The van der Waals surface area contributed by atoms with Crippen LogP contribution in [-0.4, -0.2) is 11.0 Å². The highest BCUT2D eigenvalue weighted by Crippen LogP contribution is 2.14. The highest BCUT2D eigenvalue weighted by Gasteiger charge is 2.16. The van der Waals surface area contributed by atoms with Gasteiger partial charge in [-0.3, -0.25) is 0 Å². The molecule has 0 atom stereocenters. The maximum atomic E-state index is 12.0. The zero-order valence-electron chi connectivity index (χ0n) is 11.0. The van der Waals surface area contributed by atoms with Gasteiger partial charge in [-0.05, 0) is 25.5 Å².